The Hall–Kier alpha value is -3.48. The number of amides is 2. The summed E-state index contributed by atoms with van der Waals surface area (Å²) in [5.41, 5.74) is 1.18. The van der Waals surface area contributed by atoms with Gasteiger partial charge in [-0.3, -0.25) is 19.4 Å². The Bertz CT molecular complexity index is 1040. The zero-order chi connectivity index (χ0) is 25.4. The number of likely N-dealkylation sites (tertiary alicyclic amines) is 1. The molecule has 0 bridgehead atoms. The van der Waals surface area contributed by atoms with Gasteiger partial charge in [-0.25, -0.2) is 0 Å². The molecule has 0 N–H and O–H groups in total. The van der Waals surface area contributed by atoms with Crippen LogP contribution in [0, 0.1) is 36.0 Å². The predicted octanol–water partition coefficient (Wildman–Crippen LogP) is 3.27. The first-order valence-corrected chi connectivity index (χ1v) is 12.1. The summed E-state index contributed by atoms with van der Waals surface area (Å²) in [6.45, 7) is 10.4. The van der Waals surface area contributed by atoms with Gasteiger partial charge in [0.2, 0.25) is 11.8 Å². The standard InChI is InChI=1S/C29H35N3O3/c1-6-12-25(24-13-9-10-14-26(24)35-5)31-21-19-30(20-22-31)17-11-18-32-27(33)23(4)29(15-7-2,16-8-3)28(32)34/h2-3,6,9-10,12-14,23H,1,11,15-22H2,4-5H3/b25-12+. The Morgan fingerprint density at radius 3 is 2.40 bits per heavy atom. The van der Waals surface area contributed by atoms with Crippen molar-refractivity contribution in [2.75, 3.05) is 46.4 Å². The Morgan fingerprint density at radius 2 is 1.80 bits per heavy atom. The molecular formula is C29H35N3O3. The van der Waals surface area contributed by atoms with Gasteiger partial charge in [-0.15, -0.1) is 24.7 Å². The number of methoxy groups -OCH3 is 1. The van der Waals surface area contributed by atoms with E-state index in [1.54, 1.807) is 20.1 Å². The van der Waals surface area contributed by atoms with Crippen molar-refractivity contribution in [1.29, 1.82) is 0 Å². The first-order valence-electron chi connectivity index (χ1n) is 12.1. The SMILES string of the molecule is C#CCC1(CC#C)C(=O)N(CCCN2CCN(/C(=C/C=C)c3ccccc3OC)CC2)C(=O)C1C. The second-order valence-electron chi connectivity index (χ2n) is 9.10. The fourth-order valence-corrected chi connectivity index (χ4v) is 5.12. The predicted molar refractivity (Wildman–Crippen MR) is 139 cm³/mol. The minimum Gasteiger partial charge on any atom is -0.496 e. The molecule has 3 rings (SSSR count). The molecule has 1 unspecified atom stereocenters. The molecule has 2 heterocycles. The van der Waals surface area contributed by atoms with Crippen LogP contribution in [0.2, 0.25) is 0 Å². The molecule has 2 aliphatic rings. The highest BCUT2D eigenvalue weighted by atomic mass is 16.5. The van der Waals surface area contributed by atoms with Crippen LogP contribution >= 0.6 is 0 Å². The number of hydrogen-bond donors (Lipinski definition) is 0. The molecule has 1 atom stereocenters. The number of para-hydroxylation sites is 1. The molecule has 0 aromatic heterocycles. The van der Waals surface area contributed by atoms with Gasteiger partial charge >= 0.3 is 0 Å². The highest BCUT2D eigenvalue weighted by molar-refractivity contribution is 6.07. The normalized spacial score (nSPS) is 20.5. The minimum atomic E-state index is -0.960. The third-order valence-corrected chi connectivity index (χ3v) is 7.20. The van der Waals surface area contributed by atoms with Gasteiger partial charge in [0.25, 0.3) is 0 Å². The van der Waals surface area contributed by atoms with Gasteiger partial charge in [0.1, 0.15) is 5.75 Å². The van der Waals surface area contributed by atoms with E-state index in [-0.39, 0.29) is 24.7 Å². The summed E-state index contributed by atoms with van der Waals surface area (Å²) in [5.74, 6) is 5.08. The lowest BCUT2D eigenvalue weighted by molar-refractivity contribution is -0.141. The van der Waals surface area contributed by atoms with Crippen LogP contribution < -0.4 is 4.74 Å². The smallest absolute Gasteiger partial charge is 0.238 e. The number of rotatable bonds is 10. The van der Waals surface area contributed by atoms with Crippen molar-refractivity contribution in [3.8, 4) is 30.4 Å². The molecule has 2 aliphatic heterocycles. The number of terminal acetylenes is 2. The highest BCUT2D eigenvalue weighted by Gasteiger charge is 2.56. The first kappa shape index (κ1) is 26.1. The van der Waals surface area contributed by atoms with Crippen LogP contribution in [0.3, 0.4) is 0 Å². The Morgan fingerprint density at radius 1 is 1.14 bits per heavy atom. The van der Waals surface area contributed by atoms with Crippen molar-refractivity contribution in [2.24, 2.45) is 11.3 Å². The lowest BCUT2D eigenvalue weighted by atomic mass is 9.73. The van der Waals surface area contributed by atoms with E-state index in [2.05, 4.69) is 34.3 Å². The average Bonchev–Trinajstić information content (AvgIpc) is 3.04. The average molecular weight is 474 g/mol. The molecule has 1 aromatic rings. The number of allylic oxidation sites excluding steroid dienone is 2. The van der Waals surface area contributed by atoms with Gasteiger partial charge in [0.05, 0.1) is 18.4 Å². The Labute approximate surface area is 209 Å². The second kappa shape index (κ2) is 11.8. The number of piperazine rings is 1. The minimum absolute atomic E-state index is 0.165. The Balaban J connectivity index is 1.57. The van der Waals surface area contributed by atoms with E-state index in [1.807, 2.05) is 24.3 Å². The van der Waals surface area contributed by atoms with E-state index in [0.29, 0.717) is 13.0 Å². The Kier molecular flexibility index (Phi) is 8.79. The number of carbonyl (C=O) groups excluding carboxylic acids is 2. The van der Waals surface area contributed by atoms with Gasteiger partial charge in [0, 0.05) is 56.8 Å². The van der Waals surface area contributed by atoms with Gasteiger partial charge in [-0.05, 0) is 31.2 Å². The molecule has 6 nitrogen and oxygen atoms in total. The summed E-state index contributed by atoms with van der Waals surface area (Å²) in [7, 11) is 1.68. The zero-order valence-electron chi connectivity index (χ0n) is 20.8. The molecule has 0 aliphatic carbocycles. The first-order chi connectivity index (χ1) is 16.9. The summed E-state index contributed by atoms with van der Waals surface area (Å²) in [6.07, 6.45) is 16.0. The van der Waals surface area contributed by atoms with Crippen LogP contribution in [-0.2, 0) is 9.59 Å². The van der Waals surface area contributed by atoms with Gasteiger partial charge < -0.3 is 9.64 Å². The molecule has 0 saturated carbocycles. The van der Waals surface area contributed by atoms with E-state index >= 15 is 0 Å². The molecule has 184 valence electrons. The van der Waals surface area contributed by atoms with Crippen molar-refractivity contribution in [3.63, 3.8) is 0 Å². The maximum Gasteiger partial charge on any atom is 0.238 e. The molecule has 0 radical (unpaired) electrons. The van der Waals surface area contributed by atoms with Crippen LogP contribution in [0.15, 0.2) is 43.0 Å². The number of benzene rings is 1. The third kappa shape index (κ3) is 5.29. The maximum absolute atomic E-state index is 13.1. The summed E-state index contributed by atoms with van der Waals surface area (Å²) in [5, 5.41) is 0. The van der Waals surface area contributed by atoms with Crippen LogP contribution in [0.1, 0.15) is 31.7 Å². The number of nitrogens with zero attached hydrogens (tertiary/aromatic N) is 3. The van der Waals surface area contributed by atoms with Crippen molar-refractivity contribution < 1.29 is 14.3 Å². The van der Waals surface area contributed by atoms with Crippen LogP contribution in [0.5, 0.6) is 5.75 Å². The van der Waals surface area contributed by atoms with Crippen molar-refractivity contribution in [2.45, 2.75) is 26.2 Å². The van der Waals surface area contributed by atoms with E-state index < -0.39 is 11.3 Å². The highest BCUT2D eigenvalue weighted by Crippen LogP contribution is 2.43. The number of ether oxygens (including phenoxy) is 1. The van der Waals surface area contributed by atoms with Gasteiger partial charge in [-0.2, -0.15) is 0 Å². The number of hydrogen-bond acceptors (Lipinski definition) is 5. The van der Waals surface area contributed by atoms with Crippen molar-refractivity contribution in [1.82, 2.24) is 14.7 Å². The molecule has 1 aromatic carbocycles. The fraction of sp³-hybridized carbons (Fsp3) is 0.448. The summed E-state index contributed by atoms with van der Waals surface area (Å²) in [6, 6.07) is 8.00. The molecule has 6 heteroatoms. The van der Waals surface area contributed by atoms with E-state index in [4.69, 9.17) is 17.6 Å². The molecule has 2 saturated heterocycles. The van der Waals surface area contributed by atoms with Gasteiger partial charge in [-0.1, -0.05) is 31.7 Å². The molecule has 0 spiro atoms. The maximum atomic E-state index is 13.1. The molecular weight excluding hydrogens is 438 g/mol. The van der Waals surface area contributed by atoms with E-state index in [9.17, 15) is 9.59 Å². The molecule has 2 fully saturated rings. The lowest BCUT2D eigenvalue weighted by Gasteiger charge is -2.38. The number of carbonyl (C=O) groups is 2. The quantitative estimate of drug-likeness (QED) is 0.297. The third-order valence-electron chi connectivity index (χ3n) is 7.20. The van der Waals surface area contributed by atoms with Crippen molar-refractivity contribution >= 4 is 17.5 Å². The van der Waals surface area contributed by atoms with Gasteiger partial charge in [0.15, 0.2) is 0 Å². The molecule has 2 amide bonds. The van der Waals surface area contributed by atoms with Crippen LogP contribution in [0.4, 0.5) is 0 Å². The fourth-order valence-electron chi connectivity index (χ4n) is 5.12. The summed E-state index contributed by atoms with van der Waals surface area (Å²) in [4.78, 5) is 32.1. The van der Waals surface area contributed by atoms with Crippen LogP contribution in [0.25, 0.3) is 5.70 Å². The molecule has 35 heavy (non-hydrogen) atoms. The monoisotopic (exact) mass is 473 g/mol. The topological polar surface area (TPSA) is 53.1 Å². The van der Waals surface area contributed by atoms with E-state index in [0.717, 1.165) is 49.7 Å². The largest absolute Gasteiger partial charge is 0.496 e. The summed E-state index contributed by atoms with van der Waals surface area (Å²) >= 11 is 0. The second-order valence-corrected chi connectivity index (χ2v) is 9.10. The summed E-state index contributed by atoms with van der Waals surface area (Å²) < 4.78 is 5.56. The van der Waals surface area contributed by atoms with Crippen LogP contribution in [-0.4, -0.2) is 72.9 Å². The van der Waals surface area contributed by atoms with Crippen molar-refractivity contribution in [3.05, 3.63) is 48.6 Å². The lowest BCUT2D eigenvalue weighted by Crippen LogP contribution is -2.46. The zero-order valence-corrected chi connectivity index (χ0v) is 20.8. The van der Waals surface area contributed by atoms with E-state index in [1.165, 1.54) is 4.90 Å². The number of imide groups is 1.